The zero-order valence-electron chi connectivity index (χ0n) is 15.9. The van der Waals surface area contributed by atoms with Crippen LogP contribution >= 0.6 is 0 Å². The van der Waals surface area contributed by atoms with Crippen molar-refractivity contribution in [2.45, 2.75) is 17.7 Å². The van der Waals surface area contributed by atoms with Gasteiger partial charge in [-0.05, 0) is 61.4 Å². The lowest BCUT2D eigenvalue weighted by Crippen LogP contribution is -2.43. The molecule has 1 heterocycles. The number of halogens is 1. The van der Waals surface area contributed by atoms with Gasteiger partial charge in [-0.25, -0.2) is 12.8 Å². The predicted octanol–water partition coefficient (Wildman–Crippen LogP) is 3.43. The summed E-state index contributed by atoms with van der Waals surface area (Å²) in [6.07, 6.45) is 2.82. The first-order valence-corrected chi connectivity index (χ1v) is 10.7. The second kappa shape index (κ2) is 9.19. The summed E-state index contributed by atoms with van der Waals surface area (Å²) in [7, 11) is -3.77. The van der Waals surface area contributed by atoms with Crippen LogP contribution in [0.2, 0.25) is 0 Å². The monoisotopic (exact) mass is 418 g/mol. The Labute approximate surface area is 170 Å². The summed E-state index contributed by atoms with van der Waals surface area (Å²) in [5.74, 6) is -0.530. The van der Waals surface area contributed by atoms with Crippen molar-refractivity contribution < 1.29 is 22.3 Å². The lowest BCUT2D eigenvalue weighted by atomic mass is 9.99. The minimum Gasteiger partial charge on any atom is -0.490 e. The normalized spacial score (nSPS) is 17.5. The minimum absolute atomic E-state index is 0.0232. The summed E-state index contributed by atoms with van der Waals surface area (Å²) in [4.78, 5) is 12.7. The molecule has 1 aliphatic rings. The van der Waals surface area contributed by atoms with Crippen LogP contribution in [-0.4, -0.2) is 38.3 Å². The van der Waals surface area contributed by atoms with E-state index in [1.807, 2.05) is 0 Å². The molecule has 29 heavy (non-hydrogen) atoms. The molecule has 1 atom stereocenters. The van der Waals surface area contributed by atoms with Crippen LogP contribution in [0.3, 0.4) is 0 Å². The predicted molar refractivity (Wildman–Crippen MR) is 109 cm³/mol. The first kappa shape index (κ1) is 21.0. The highest BCUT2D eigenvalue weighted by Gasteiger charge is 2.33. The van der Waals surface area contributed by atoms with Crippen LogP contribution in [0.15, 0.2) is 66.1 Å². The number of rotatable bonds is 7. The Morgan fingerprint density at radius 3 is 2.55 bits per heavy atom. The highest BCUT2D eigenvalue weighted by Crippen LogP contribution is 2.25. The number of amides is 1. The molecule has 1 aliphatic heterocycles. The Morgan fingerprint density at radius 2 is 1.90 bits per heavy atom. The van der Waals surface area contributed by atoms with Crippen LogP contribution < -0.4 is 10.1 Å². The second-order valence-corrected chi connectivity index (χ2v) is 8.71. The molecule has 8 heteroatoms. The molecule has 2 aromatic carbocycles. The van der Waals surface area contributed by atoms with Crippen LogP contribution in [0, 0.1) is 11.7 Å². The van der Waals surface area contributed by atoms with Crippen LogP contribution in [0.1, 0.15) is 12.8 Å². The average Bonchev–Trinajstić information content (AvgIpc) is 2.73. The zero-order chi connectivity index (χ0) is 20.9. The van der Waals surface area contributed by atoms with E-state index >= 15 is 0 Å². The summed E-state index contributed by atoms with van der Waals surface area (Å²) in [6, 6.07) is 11.6. The number of carbonyl (C=O) groups excluding carboxylic acids is 1. The number of nitrogens with one attached hydrogen (secondary N) is 1. The van der Waals surface area contributed by atoms with E-state index < -0.39 is 21.8 Å². The van der Waals surface area contributed by atoms with E-state index in [4.69, 9.17) is 4.74 Å². The molecule has 0 saturated carbocycles. The lowest BCUT2D eigenvalue weighted by Gasteiger charge is -2.31. The van der Waals surface area contributed by atoms with Crippen LogP contribution in [-0.2, 0) is 14.8 Å². The number of carbonyl (C=O) groups is 1. The highest BCUT2D eigenvalue weighted by molar-refractivity contribution is 7.89. The number of hydrogen-bond acceptors (Lipinski definition) is 4. The van der Waals surface area contributed by atoms with Crippen molar-refractivity contribution in [1.82, 2.24) is 4.31 Å². The molecule has 0 unspecified atom stereocenters. The zero-order valence-corrected chi connectivity index (χ0v) is 16.7. The second-order valence-electron chi connectivity index (χ2n) is 6.77. The maximum absolute atomic E-state index is 13.1. The Morgan fingerprint density at radius 1 is 1.21 bits per heavy atom. The number of sulfonamides is 1. The molecule has 3 rings (SSSR count). The van der Waals surface area contributed by atoms with Crippen molar-refractivity contribution in [3.8, 4) is 5.75 Å². The molecule has 1 saturated heterocycles. The molecule has 0 bridgehead atoms. The average molecular weight is 418 g/mol. The Bertz CT molecular complexity index is 959. The number of hydrogen-bond donors (Lipinski definition) is 1. The van der Waals surface area contributed by atoms with Crippen molar-refractivity contribution in [3.63, 3.8) is 0 Å². The van der Waals surface area contributed by atoms with E-state index in [1.54, 1.807) is 30.3 Å². The number of piperidine rings is 1. The molecule has 1 fully saturated rings. The molecule has 1 amide bonds. The summed E-state index contributed by atoms with van der Waals surface area (Å²) in [5, 5.41) is 2.83. The molecular formula is C21H23FN2O4S. The summed E-state index contributed by atoms with van der Waals surface area (Å²) in [6.45, 7) is 4.40. The molecule has 6 nitrogen and oxygen atoms in total. The van der Waals surface area contributed by atoms with E-state index in [2.05, 4.69) is 11.9 Å². The maximum atomic E-state index is 13.1. The van der Waals surface area contributed by atoms with Gasteiger partial charge in [0.15, 0.2) is 0 Å². The van der Waals surface area contributed by atoms with Crippen LogP contribution in [0.25, 0.3) is 0 Å². The van der Waals surface area contributed by atoms with Gasteiger partial charge < -0.3 is 10.1 Å². The third-order valence-corrected chi connectivity index (χ3v) is 6.58. The third-order valence-electron chi connectivity index (χ3n) is 4.70. The number of nitrogens with zero attached hydrogens (tertiary/aromatic N) is 1. The van der Waals surface area contributed by atoms with Crippen molar-refractivity contribution >= 4 is 21.6 Å². The van der Waals surface area contributed by atoms with Gasteiger partial charge in [0.25, 0.3) is 0 Å². The van der Waals surface area contributed by atoms with Gasteiger partial charge in [-0.1, -0.05) is 12.7 Å². The maximum Gasteiger partial charge on any atom is 0.243 e. The molecule has 0 spiro atoms. The highest BCUT2D eigenvalue weighted by atomic mass is 32.2. The standard InChI is InChI=1S/C21H23FN2O4S/c1-2-14-28-19-9-7-18(8-10-19)23-21(25)16-4-3-13-24(15-16)29(26,27)20-11-5-17(22)6-12-20/h2,5-12,16H,1,3-4,13-15H2,(H,23,25)/t16-/m0/s1. The van der Waals surface area contributed by atoms with Gasteiger partial charge in [0.1, 0.15) is 18.2 Å². The number of ether oxygens (including phenoxy) is 1. The third kappa shape index (κ3) is 5.21. The van der Waals surface area contributed by atoms with Gasteiger partial charge in [0.05, 0.1) is 10.8 Å². The van der Waals surface area contributed by atoms with Crippen molar-refractivity contribution in [3.05, 3.63) is 67.0 Å². The van der Waals surface area contributed by atoms with Gasteiger partial charge >= 0.3 is 0 Å². The van der Waals surface area contributed by atoms with Crippen LogP contribution in [0.4, 0.5) is 10.1 Å². The topological polar surface area (TPSA) is 75.7 Å². The van der Waals surface area contributed by atoms with E-state index in [9.17, 15) is 17.6 Å². The van der Waals surface area contributed by atoms with E-state index in [1.165, 1.54) is 16.4 Å². The van der Waals surface area contributed by atoms with Gasteiger partial charge in [0, 0.05) is 18.8 Å². The summed E-state index contributed by atoms with van der Waals surface area (Å²) < 4.78 is 45.4. The van der Waals surface area contributed by atoms with E-state index in [0.717, 1.165) is 12.1 Å². The van der Waals surface area contributed by atoms with Crippen molar-refractivity contribution in [1.29, 1.82) is 0 Å². The van der Waals surface area contributed by atoms with Crippen LogP contribution in [0.5, 0.6) is 5.75 Å². The smallest absolute Gasteiger partial charge is 0.243 e. The quantitative estimate of drug-likeness (QED) is 0.699. The fourth-order valence-corrected chi connectivity index (χ4v) is 4.69. The fourth-order valence-electron chi connectivity index (χ4n) is 3.16. The molecule has 2 aromatic rings. The SMILES string of the molecule is C=CCOc1ccc(NC(=O)[C@H]2CCCN(S(=O)(=O)c3ccc(F)cc3)C2)cc1. The minimum atomic E-state index is -3.77. The number of benzene rings is 2. The van der Waals surface area contributed by atoms with E-state index in [-0.39, 0.29) is 17.3 Å². The first-order chi connectivity index (χ1) is 13.9. The molecule has 1 N–H and O–H groups in total. The summed E-state index contributed by atoms with van der Waals surface area (Å²) in [5.41, 5.74) is 0.611. The molecule has 0 aromatic heterocycles. The fraction of sp³-hybridized carbons (Fsp3) is 0.286. The molecule has 154 valence electrons. The summed E-state index contributed by atoms with van der Waals surface area (Å²) >= 11 is 0. The Balaban J connectivity index is 1.64. The Hall–Kier alpha value is -2.71. The molecule has 0 aliphatic carbocycles. The largest absolute Gasteiger partial charge is 0.490 e. The van der Waals surface area contributed by atoms with Crippen molar-refractivity contribution in [2.75, 3.05) is 25.0 Å². The molecular weight excluding hydrogens is 395 g/mol. The Kier molecular flexibility index (Phi) is 6.66. The van der Waals surface area contributed by atoms with Gasteiger partial charge in [0.2, 0.25) is 15.9 Å². The van der Waals surface area contributed by atoms with Gasteiger partial charge in [-0.3, -0.25) is 4.79 Å². The van der Waals surface area contributed by atoms with Crippen molar-refractivity contribution in [2.24, 2.45) is 5.92 Å². The first-order valence-electron chi connectivity index (χ1n) is 9.30. The molecule has 0 radical (unpaired) electrons. The van der Waals surface area contributed by atoms with Gasteiger partial charge in [-0.15, -0.1) is 0 Å². The van der Waals surface area contributed by atoms with Gasteiger partial charge in [-0.2, -0.15) is 4.31 Å². The lowest BCUT2D eigenvalue weighted by molar-refractivity contribution is -0.120. The van der Waals surface area contributed by atoms with E-state index in [0.29, 0.717) is 37.4 Å². The number of anilines is 1.